The van der Waals surface area contributed by atoms with E-state index in [1.165, 1.54) is 13.8 Å². The molecule has 0 amide bonds. The van der Waals surface area contributed by atoms with E-state index in [0.717, 1.165) is 23.7 Å². The van der Waals surface area contributed by atoms with Gasteiger partial charge in [0.15, 0.2) is 5.78 Å². The van der Waals surface area contributed by atoms with Crippen LogP contribution in [-0.2, 0) is 23.9 Å². The molecule has 22 heavy (non-hydrogen) atoms. The number of ether oxygens (including phenoxy) is 2. The van der Waals surface area contributed by atoms with Crippen LogP contribution in [0, 0.1) is 0 Å². The van der Waals surface area contributed by atoms with Gasteiger partial charge < -0.3 is 9.47 Å². The lowest BCUT2D eigenvalue weighted by atomic mass is 10.1. The second-order valence-electron chi connectivity index (χ2n) is 5.13. The van der Waals surface area contributed by atoms with E-state index in [1.807, 2.05) is 6.08 Å². The average molecular weight is 373 g/mol. The largest absolute Gasteiger partial charge is 0.466 e. The second kappa shape index (κ2) is 9.56. The van der Waals surface area contributed by atoms with Crippen LogP contribution in [-0.4, -0.2) is 30.4 Å². The molecule has 0 aromatic heterocycles. The summed E-state index contributed by atoms with van der Waals surface area (Å²) in [6, 6.07) is 0. The first-order valence-corrected chi connectivity index (χ1v) is 8.06. The fourth-order valence-corrected chi connectivity index (χ4v) is 2.64. The minimum atomic E-state index is -0.427. The summed E-state index contributed by atoms with van der Waals surface area (Å²) in [7, 11) is 0. The van der Waals surface area contributed by atoms with Gasteiger partial charge in [0.1, 0.15) is 6.10 Å². The molecule has 1 unspecified atom stereocenters. The van der Waals surface area contributed by atoms with Crippen LogP contribution in [0.2, 0.25) is 0 Å². The molecule has 0 aliphatic heterocycles. The molecule has 0 spiro atoms. The minimum absolute atomic E-state index is 0.0199. The molecule has 0 radical (unpaired) electrons. The number of hydrogen-bond donors (Lipinski definition) is 0. The highest BCUT2D eigenvalue weighted by Gasteiger charge is 2.25. The summed E-state index contributed by atoms with van der Waals surface area (Å²) >= 11 is 3.45. The average Bonchev–Trinajstić information content (AvgIpc) is 2.72. The monoisotopic (exact) mass is 372 g/mol. The molecule has 0 bridgehead atoms. The zero-order valence-electron chi connectivity index (χ0n) is 12.9. The van der Waals surface area contributed by atoms with E-state index < -0.39 is 6.10 Å². The van der Waals surface area contributed by atoms with Gasteiger partial charge in [-0.05, 0) is 35.4 Å². The van der Waals surface area contributed by atoms with Gasteiger partial charge in [-0.2, -0.15) is 0 Å². The van der Waals surface area contributed by atoms with Gasteiger partial charge in [-0.15, -0.1) is 0 Å². The number of hydrogen-bond acceptors (Lipinski definition) is 5. The number of allylic oxidation sites excluding steroid dienone is 3. The zero-order valence-corrected chi connectivity index (χ0v) is 14.5. The molecule has 0 N–H and O–H groups in total. The third kappa shape index (κ3) is 7.54. The molecule has 0 saturated heterocycles. The van der Waals surface area contributed by atoms with Crippen LogP contribution < -0.4 is 0 Å². The number of halogens is 1. The van der Waals surface area contributed by atoms with Crippen LogP contribution in [0.25, 0.3) is 0 Å². The van der Waals surface area contributed by atoms with Gasteiger partial charge in [0, 0.05) is 20.3 Å². The van der Waals surface area contributed by atoms with Gasteiger partial charge >= 0.3 is 11.9 Å². The number of Topliss-reactive ketones (excluding diaryl/α,β-unsaturated/α-hetero) is 1. The summed E-state index contributed by atoms with van der Waals surface area (Å²) in [6.45, 7) is 3.17. The lowest BCUT2D eigenvalue weighted by molar-refractivity contribution is -0.144. The Labute approximate surface area is 138 Å². The van der Waals surface area contributed by atoms with Crippen molar-refractivity contribution in [3.63, 3.8) is 0 Å². The number of unbranched alkanes of at least 4 members (excludes halogenated alkanes) is 2. The van der Waals surface area contributed by atoms with Crippen molar-refractivity contribution in [2.24, 2.45) is 0 Å². The van der Waals surface area contributed by atoms with Crippen LogP contribution in [0.5, 0.6) is 0 Å². The number of esters is 2. The molecule has 0 fully saturated rings. The van der Waals surface area contributed by atoms with Crippen molar-refractivity contribution in [1.82, 2.24) is 0 Å². The topological polar surface area (TPSA) is 69.7 Å². The normalized spacial score (nSPS) is 18.1. The van der Waals surface area contributed by atoms with Gasteiger partial charge in [0.2, 0.25) is 0 Å². The number of rotatable bonds is 8. The van der Waals surface area contributed by atoms with E-state index in [2.05, 4.69) is 15.9 Å². The fourth-order valence-electron chi connectivity index (χ4n) is 2.11. The van der Waals surface area contributed by atoms with Crippen molar-refractivity contribution >= 4 is 33.7 Å². The number of carbonyl (C=O) groups excluding carboxylic acids is 3. The van der Waals surface area contributed by atoms with E-state index >= 15 is 0 Å². The molecule has 1 atom stereocenters. The number of carbonyl (C=O) groups is 3. The second-order valence-corrected chi connectivity index (χ2v) is 6.15. The first-order valence-electron chi connectivity index (χ1n) is 7.27. The lowest BCUT2D eigenvalue weighted by Crippen LogP contribution is -2.12. The lowest BCUT2D eigenvalue weighted by Gasteiger charge is -2.05. The minimum Gasteiger partial charge on any atom is -0.466 e. The van der Waals surface area contributed by atoms with E-state index in [0.29, 0.717) is 18.6 Å². The Morgan fingerprint density at radius 1 is 1.32 bits per heavy atom. The molecule has 6 heteroatoms. The highest BCUT2D eigenvalue weighted by molar-refractivity contribution is 9.11. The van der Waals surface area contributed by atoms with E-state index in [4.69, 9.17) is 9.47 Å². The Kier molecular flexibility index (Phi) is 8.09. The first-order chi connectivity index (χ1) is 10.4. The molecular weight excluding hydrogens is 352 g/mol. The summed E-state index contributed by atoms with van der Waals surface area (Å²) in [5.41, 5.74) is 0.675. The van der Waals surface area contributed by atoms with Crippen molar-refractivity contribution in [3.8, 4) is 0 Å². The molecule has 1 aliphatic rings. The summed E-state index contributed by atoms with van der Waals surface area (Å²) in [4.78, 5) is 33.3. The predicted molar refractivity (Wildman–Crippen MR) is 85.4 cm³/mol. The third-order valence-corrected chi connectivity index (χ3v) is 3.68. The maximum absolute atomic E-state index is 11.8. The predicted octanol–water partition coefficient (Wildman–Crippen LogP) is 3.22. The Hall–Kier alpha value is -1.43. The molecule has 1 aliphatic carbocycles. The van der Waals surface area contributed by atoms with Crippen LogP contribution in [0.1, 0.15) is 46.0 Å². The van der Waals surface area contributed by atoms with E-state index in [9.17, 15) is 14.4 Å². The molecule has 0 heterocycles. The molecule has 5 nitrogen and oxygen atoms in total. The summed E-state index contributed by atoms with van der Waals surface area (Å²) in [6.07, 6.45) is 6.62. The van der Waals surface area contributed by atoms with Crippen LogP contribution in [0.4, 0.5) is 0 Å². The highest BCUT2D eigenvalue weighted by Crippen LogP contribution is 2.26. The van der Waals surface area contributed by atoms with Crippen LogP contribution >= 0.6 is 15.9 Å². The van der Waals surface area contributed by atoms with E-state index in [1.54, 1.807) is 6.08 Å². The molecule has 0 saturated carbocycles. The Bertz CT molecular complexity index is 493. The van der Waals surface area contributed by atoms with Crippen molar-refractivity contribution in [2.75, 3.05) is 6.61 Å². The van der Waals surface area contributed by atoms with Gasteiger partial charge in [0.25, 0.3) is 0 Å². The van der Waals surface area contributed by atoms with Crippen molar-refractivity contribution < 1.29 is 23.9 Å². The van der Waals surface area contributed by atoms with Gasteiger partial charge in [-0.25, -0.2) is 0 Å². The molecule has 0 aromatic rings. The van der Waals surface area contributed by atoms with Crippen LogP contribution in [0.15, 0.2) is 22.2 Å². The van der Waals surface area contributed by atoms with Crippen LogP contribution in [0.3, 0.4) is 0 Å². The number of ketones is 1. The maximum atomic E-state index is 11.8. The maximum Gasteiger partial charge on any atom is 0.303 e. The highest BCUT2D eigenvalue weighted by atomic mass is 79.9. The summed E-state index contributed by atoms with van der Waals surface area (Å²) < 4.78 is 10.8. The van der Waals surface area contributed by atoms with Gasteiger partial charge in [-0.3, -0.25) is 14.4 Å². The Morgan fingerprint density at radius 2 is 2.05 bits per heavy atom. The molecular formula is C16H21BrO5. The molecule has 1 rings (SSSR count). The quantitative estimate of drug-likeness (QED) is 0.483. The molecule has 0 aromatic carbocycles. The van der Waals surface area contributed by atoms with Crippen molar-refractivity contribution in [3.05, 3.63) is 22.2 Å². The van der Waals surface area contributed by atoms with Gasteiger partial charge in [-0.1, -0.05) is 22.0 Å². The van der Waals surface area contributed by atoms with Crippen molar-refractivity contribution in [1.29, 1.82) is 0 Å². The van der Waals surface area contributed by atoms with Gasteiger partial charge in [0.05, 0.1) is 13.0 Å². The standard InChI is InChI=1S/C16H21BrO5/c1-11(18)21-7-5-3-4-6-14(17)8-13-9-15(10-16(13)20)22-12(2)19/h6,9,15H,3-5,7-8,10H2,1-2H3. The zero-order chi connectivity index (χ0) is 16.5. The fraction of sp³-hybridized carbons (Fsp3) is 0.562. The van der Waals surface area contributed by atoms with E-state index in [-0.39, 0.29) is 24.1 Å². The third-order valence-electron chi connectivity index (χ3n) is 3.08. The SMILES string of the molecule is CC(=O)OCCCCC=C(Br)CC1=CC(OC(C)=O)CC1=O. The first kappa shape index (κ1) is 18.6. The Balaban J connectivity index is 2.32. The summed E-state index contributed by atoms with van der Waals surface area (Å²) in [5, 5.41) is 0. The smallest absolute Gasteiger partial charge is 0.303 e. The molecule has 122 valence electrons. The Morgan fingerprint density at radius 3 is 2.68 bits per heavy atom. The summed E-state index contributed by atoms with van der Waals surface area (Å²) in [5.74, 6) is -0.616. The van der Waals surface area contributed by atoms with Crippen molar-refractivity contribution in [2.45, 2.75) is 52.1 Å².